The Bertz CT molecular complexity index is 1360. The molecule has 2 aliphatic rings. The molecule has 1 aromatic heterocycles. The van der Waals surface area contributed by atoms with Gasteiger partial charge in [0.15, 0.2) is 11.5 Å². The van der Waals surface area contributed by atoms with E-state index in [0.717, 1.165) is 11.1 Å². The first-order valence-corrected chi connectivity index (χ1v) is 11.8. The second kappa shape index (κ2) is 9.19. The number of nitrogens with two attached hydrogens (primary N) is 1. The van der Waals surface area contributed by atoms with Crippen molar-refractivity contribution in [2.45, 2.75) is 31.5 Å². The molecule has 2 heterocycles. The number of methoxy groups -OCH3 is 1. The molecule has 2 aromatic carbocycles. The Kier molecular flexibility index (Phi) is 6.15. The first kappa shape index (κ1) is 24.8. The van der Waals surface area contributed by atoms with Gasteiger partial charge in [0.05, 0.1) is 18.7 Å². The number of hydrogen-bond acceptors (Lipinski definition) is 7. The van der Waals surface area contributed by atoms with Crippen molar-refractivity contribution < 1.29 is 38.0 Å². The number of pyridine rings is 1. The third-order valence-corrected chi connectivity index (χ3v) is 6.96. The summed E-state index contributed by atoms with van der Waals surface area (Å²) in [5, 5.41) is 20.2. The van der Waals surface area contributed by atoms with E-state index in [1.807, 2.05) is 19.1 Å². The molecule has 3 aromatic rings. The van der Waals surface area contributed by atoms with Crippen molar-refractivity contribution in [1.82, 2.24) is 4.98 Å². The summed E-state index contributed by atoms with van der Waals surface area (Å²) in [5.74, 6) is -3.06. The zero-order valence-corrected chi connectivity index (χ0v) is 20.2. The van der Waals surface area contributed by atoms with Crippen LogP contribution < -0.4 is 19.9 Å². The molecule has 0 bridgehead atoms. The maximum atomic E-state index is 13.7. The van der Waals surface area contributed by atoms with Gasteiger partial charge in [-0.2, -0.15) is 0 Å². The number of aliphatic hydroxyl groups excluding tert-OH is 1. The fourth-order valence-corrected chi connectivity index (χ4v) is 5.37. The van der Waals surface area contributed by atoms with Crippen molar-refractivity contribution in [3.8, 4) is 17.2 Å². The number of aliphatic carboxylic acids is 1. The number of fused-ring (bicyclic) bond motifs is 2. The normalized spacial score (nSPS) is 21.9. The van der Waals surface area contributed by atoms with Crippen LogP contribution in [0.5, 0.6) is 17.2 Å². The van der Waals surface area contributed by atoms with Crippen LogP contribution in [0.1, 0.15) is 46.7 Å². The van der Waals surface area contributed by atoms with E-state index in [2.05, 4.69) is 14.5 Å². The van der Waals surface area contributed by atoms with Crippen LogP contribution in [0.3, 0.4) is 0 Å². The Morgan fingerprint density at radius 2 is 1.84 bits per heavy atom. The van der Waals surface area contributed by atoms with Crippen molar-refractivity contribution in [1.29, 1.82) is 0 Å². The summed E-state index contributed by atoms with van der Waals surface area (Å²) in [4.78, 5) is 17.4. The second-order valence-corrected chi connectivity index (χ2v) is 9.46. The molecular weight excluding hydrogens is 486 g/mol. The minimum atomic E-state index is -3.79. The number of carbonyl (C=O) groups is 1. The number of hydrogen-bond donors (Lipinski definition) is 3. The quantitative estimate of drug-likeness (QED) is 0.432. The highest BCUT2D eigenvalue weighted by Crippen LogP contribution is 2.54. The van der Waals surface area contributed by atoms with Crippen molar-refractivity contribution in [3.05, 3.63) is 76.5 Å². The maximum Gasteiger partial charge on any atom is 0.586 e. The van der Waals surface area contributed by atoms with Gasteiger partial charge in [-0.15, -0.1) is 8.78 Å². The third kappa shape index (κ3) is 4.42. The van der Waals surface area contributed by atoms with Gasteiger partial charge in [0.1, 0.15) is 11.6 Å². The number of aliphatic hydroxyl groups is 1. The van der Waals surface area contributed by atoms with Crippen molar-refractivity contribution in [3.63, 3.8) is 0 Å². The number of aromatic nitrogens is 1. The summed E-state index contributed by atoms with van der Waals surface area (Å²) in [6.45, 7) is 1.85. The van der Waals surface area contributed by atoms with Crippen LogP contribution in [-0.2, 0) is 11.2 Å². The van der Waals surface area contributed by atoms with Gasteiger partial charge in [0.2, 0.25) is 0 Å². The minimum absolute atomic E-state index is 0.0457. The molecule has 4 atom stereocenters. The monoisotopic (exact) mass is 512 g/mol. The average Bonchev–Trinajstić information content (AvgIpc) is 3.35. The molecule has 0 amide bonds. The lowest BCUT2D eigenvalue weighted by atomic mass is 9.78. The van der Waals surface area contributed by atoms with Crippen LogP contribution in [0.2, 0.25) is 0 Å². The summed E-state index contributed by atoms with van der Waals surface area (Å²) in [6, 6.07) is 13.0. The molecule has 0 saturated heterocycles. The second-order valence-electron chi connectivity index (χ2n) is 9.46. The lowest BCUT2D eigenvalue weighted by molar-refractivity contribution is -0.286. The first-order chi connectivity index (χ1) is 17.6. The highest BCUT2D eigenvalue weighted by Gasteiger charge is 2.49. The molecule has 194 valence electrons. The van der Waals surface area contributed by atoms with E-state index >= 15 is 0 Å². The van der Waals surface area contributed by atoms with E-state index in [1.54, 1.807) is 31.4 Å². The molecule has 37 heavy (non-hydrogen) atoms. The lowest BCUT2D eigenvalue weighted by Gasteiger charge is -2.25. The number of rotatable bonds is 7. The van der Waals surface area contributed by atoms with Gasteiger partial charge in [0, 0.05) is 18.4 Å². The van der Waals surface area contributed by atoms with E-state index in [0.29, 0.717) is 29.0 Å². The van der Waals surface area contributed by atoms with Gasteiger partial charge in [-0.1, -0.05) is 25.1 Å². The predicted octanol–water partition coefficient (Wildman–Crippen LogP) is 4.14. The lowest BCUT2D eigenvalue weighted by Crippen LogP contribution is -2.26. The van der Waals surface area contributed by atoms with Gasteiger partial charge in [-0.05, 0) is 64.9 Å². The maximum absolute atomic E-state index is 13.7. The number of carboxylic acid groups (broad SMARTS) is 1. The largest absolute Gasteiger partial charge is 0.586 e. The Morgan fingerprint density at radius 1 is 1.11 bits per heavy atom. The predicted molar refractivity (Wildman–Crippen MR) is 129 cm³/mol. The molecule has 1 aliphatic heterocycles. The molecule has 5 rings (SSSR count). The number of nitrogen functional groups attached to an aromatic ring is 1. The van der Waals surface area contributed by atoms with E-state index in [1.165, 1.54) is 12.1 Å². The highest BCUT2D eigenvalue weighted by molar-refractivity contribution is 5.78. The molecule has 0 saturated carbocycles. The van der Waals surface area contributed by atoms with Gasteiger partial charge in [-0.25, -0.2) is 4.98 Å². The van der Waals surface area contributed by atoms with Crippen LogP contribution in [0.25, 0.3) is 0 Å². The highest BCUT2D eigenvalue weighted by atomic mass is 19.3. The summed E-state index contributed by atoms with van der Waals surface area (Å²) in [7, 11) is 1.54. The number of carboxylic acids is 1. The molecule has 10 heteroatoms. The molecular formula is C27H26F2N2O6. The van der Waals surface area contributed by atoms with E-state index in [-0.39, 0.29) is 29.8 Å². The Labute approximate surface area is 211 Å². The molecule has 0 spiro atoms. The van der Waals surface area contributed by atoms with E-state index < -0.39 is 30.0 Å². The van der Waals surface area contributed by atoms with Gasteiger partial charge >= 0.3 is 12.3 Å². The molecule has 4 N–H and O–H groups in total. The zero-order chi connectivity index (χ0) is 26.5. The summed E-state index contributed by atoms with van der Waals surface area (Å²) >= 11 is 0. The topological polar surface area (TPSA) is 124 Å². The number of benzene rings is 2. The molecule has 0 radical (unpaired) electrons. The van der Waals surface area contributed by atoms with E-state index in [4.69, 9.17) is 10.5 Å². The fourth-order valence-electron chi connectivity index (χ4n) is 5.37. The smallest absolute Gasteiger partial charge is 0.497 e. The van der Waals surface area contributed by atoms with Crippen LogP contribution in [0.4, 0.5) is 14.6 Å². The summed E-state index contributed by atoms with van der Waals surface area (Å²) < 4.78 is 41.9. The summed E-state index contributed by atoms with van der Waals surface area (Å²) in [5.41, 5.74) is 9.19. The Balaban J connectivity index is 1.68. The zero-order valence-electron chi connectivity index (χ0n) is 20.2. The Morgan fingerprint density at radius 3 is 2.54 bits per heavy atom. The number of nitrogens with zero attached hydrogens (tertiary/aromatic N) is 1. The van der Waals surface area contributed by atoms with E-state index in [9.17, 15) is 23.8 Å². The van der Waals surface area contributed by atoms with Crippen molar-refractivity contribution >= 4 is 11.8 Å². The van der Waals surface area contributed by atoms with Gasteiger partial charge < -0.3 is 30.2 Å². The van der Waals surface area contributed by atoms with Crippen LogP contribution in [-0.4, -0.2) is 41.2 Å². The number of anilines is 1. The molecule has 1 aliphatic carbocycles. The van der Waals surface area contributed by atoms with Crippen LogP contribution in [0, 0.1) is 11.8 Å². The number of ether oxygens (including phenoxy) is 3. The minimum Gasteiger partial charge on any atom is -0.497 e. The van der Waals surface area contributed by atoms with Crippen LogP contribution >= 0.6 is 0 Å². The van der Waals surface area contributed by atoms with Crippen LogP contribution in [0.15, 0.2) is 48.5 Å². The third-order valence-electron chi connectivity index (χ3n) is 6.96. The van der Waals surface area contributed by atoms with Crippen molar-refractivity contribution in [2.75, 3.05) is 19.5 Å². The fraction of sp³-hybridized carbons (Fsp3) is 0.333. The van der Waals surface area contributed by atoms with Gasteiger partial charge in [-0.3, -0.25) is 4.79 Å². The summed E-state index contributed by atoms with van der Waals surface area (Å²) in [6.07, 6.45) is -3.31. The number of alkyl halides is 2. The molecule has 1 unspecified atom stereocenters. The Hall–Kier alpha value is -3.92. The van der Waals surface area contributed by atoms with Gasteiger partial charge in [0.25, 0.3) is 0 Å². The standard InChI is InChI=1S/C27H26F2N2O6/c1-13(12-32)9-15-10-16(35-2)4-5-17(15)23-24(26(33)34)22(18-6-8-21(30)31-25(18)23)14-3-7-19-20(11-14)37-27(28,29)36-19/h3-8,10-11,13,22-24,32H,9,12H2,1-2H3,(H2,30,31)(H,33,34)/t13?,22-,23-,24+/m0/s1. The molecule has 0 fully saturated rings. The molecule has 8 nitrogen and oxygen atoms in total. The number of halogens is 2. The van der Waals surface area contributed by atoms with Crippen molar-refractivity contribution in [2.24, 2.45) is 11.8 Å². The SMILES string of the molecule is COc1ccc([C@@H]2c3nc(N)ccc3[C@H](c3ccc4c(c3)OC(F)(F)O4)[C@H]2C(=O)O)c(CC(C)CO)c1. The first-order valence-electron chi connectivity index (χ1n) is 11.8. The average molecular weight is 513 g/mol.